The highest BCUT2D eigenvalue weighted by Gasteiger charge is 2.10. The maximum Gasteiger partial charge on any atom is 0.236 e. The van der Waals surface area contributed by atoms with Crippen LogP contribution in [0, 0.1) is 0 Å². The summed E-state index contributed by atoms with van der Waals surface area (Å²) in [4.78, 5) is 22.5. The molecule has 0 spiro atoms. The van der Waals surface area contributed by atoms with Crippen LogP contribution in [0.25, 0.3) is 0 Å². The van der Waals surface area contributed by atoms with Gasteiger partial charge in [0, 0.05) is 38.4 Å². The van der Waals surface area contributed by atoms with Crippen molar-refractivity contribution in [1.82, 2.24) is 10.3 Å². The molecule has 0 bridgehead atoms. The smallest absolute Gasteiger partial charge is 0.236 e. The molecule has 0 unspecified atom stereocenters. The molecule has 0 heterocycles. The first-order chi connectivity index (χ1) is 7.47. The van der Waals surface area contributed by atoms with E-state index in [0.717, 1.165) is 0 Å². The molecule has 0 aliphatic carbocycles. The molecule has 0 aromatic heterocycles. The van der Waals surface area contributed by atoms with Crippen LogP contribution < -0.4 is 11.2 Å². The Morgan fingerprint density at radius 1 is 1.31 bits per heavy atom. The third kappa shape index (κ3) is 7.36. The van der Waals surface area contributed by atoms with Crippen LogP contribution in [0.5, 0.6) is 0 Å². The van der Waals surface area contributed by atoms with E-state index in [9.17, 15) is 9.59 Å². The fraction of sp³-hybridized carbons (Fsp3) is 0.818. The summed E-state index contributed by atoms with van der Waals surface area (Å²) in [5, 5.41) is 4.35. The zero-order valence-electron chi connectivity index (χ0n) is 10.5. The molecular formula is C11H23N3O2. The van der Waals surface area contributed by atoms with Gasteiger partial charge in [0.15, 0.2) is 0 Å². The van der Waals surface area contributed by atoms with Gasteiger partial charge in [0.1, 0.15) is 5.78 Å². The third-order valence-electron chi connectivity index (χ3n) is 2.24. The number of Topliss-reactive ketones (excluding diaryl/α,β-unsaturated/α-hetero) is 1. The predicted octanol–water partition coefficient (Wildman–Crippen LogP) is 0.446. The summed E-state index contributed by atoms with van der Waals surface area (Å²) in [5.74, 6) is 5.49. The number of hydrogen-bond acceptors (Lipinski definition) is 4. The van der Waals surface area contributed by atoms with E-state index in [1.807, 2.05) is 13.8 Å². The molecule has 0 aromatic rings. The van der Waals surface area contributed by atoms with E-state index in [2.05, 4.69) is 5.32 Å². The lowest BCUT2D eigenvalue weighted by Crippen LogP contribution is -2.43. The van der Waals surface area contributed by atoms with Gasteiger partial charge in [0.05, 0.1) is 0 Å². The van der Waals surface area contributed by atoms with Crippen LogP contribution in [0.3, 0.4) is 0 Å². The van der Waals surface area contributed by atoms with Crippen molar-refractivity contribution in [2.24, 2.45) is 5.84 Å². The average Bonchev–Trinajstić information content (AvgIpc) is 2.24. The lowest BCUT2D eigenvalue weighted by Gasteiger charge is -2.17. The summed E-state index contributed by atoms with van der Waals surface area (Å²) in [6, 6.07) is 0.380. The fourth-order valence-electron chi connectivity index (χ4n) is 1.17. The molecule has 0 aliphatic heterocycles. The highest BCUT2D eigenvalue weighted by atomic mass is 16.2. The zero-order valence-corrected chi connectivity index (χ0v) is 10.5. The van der Waals surface area contributed by atoms with E-state index in [1.54, 1.807) is 6.92 Å². The quantitative estimate of drug-likeness (QED) is 0.360. The Labute approximate surface area is 97.3 Å². The van der Waals surface area contributed by atoms with Crippen molar-refractivity contribution in [2.75, 3.05) is 13.1 Å². The Morgan fingerprint density at radius 2 is 1.94 bits per heavy atom. The number of nitrogens with one attached hydrogen (secondary N) is 1. The van der Waals surface area contributed by atoms with Crippen molar-refractivity contribution >= 4 is 11.7 Å². The second kappa shape index (κ2) is 8.24. The Bertz CT molecular complexity index is 229. The third-order valence-corrected chi connectivity index (χ3v) is 2.24. The summed E-state index contributed by atoms with van der Waals surface area (Å²) in [6.07, 6.45) is 0.984. The summed E-state index contributed by atoms with van der Waals surface area (Å²) in [6.45, 7) is 6.99. The number of ketones is 1. The number of amides is 1. The molecule has 0 fully saturated rings. The van der Waals surface area contributed by atoms with Gasteiger partial charge in [-0.1, -0.05) is 20.8 Å². The normalized spacial score (nSPS) is 10.6. The molecule has 94 valence electrons. The van der Waals surface area contributed by atoms with Crippen molar-refractivity contribution in [3.05, 3.63) is 0 Å². The number of hydrogen-bond donors (Lipinski definition) is 2. The van der Waals surface area contributed by atoms with Gasteiger partial charge < -0.3 is 5.32 Å². The van der Waals surface area contributed by atoms with Crippen molar-refractivity contribution in [3.8, 4) is 0 Å². The Hall–Kier alpha value is -0.940. The molecule has 0 aromatic carbocycles. The van der Waals surface area contributed by atoms with Crippen molar-refractivity contribution in [2.45, 2.75) is 46.1 Å². The lowest BCUT2D eigenvalue weighted by molar-refractivity contribution is -0.133. The largest absolute Gasteiger partial charge is 0.313 e. The zero-order chi connectivity index (χ0) is 12.6. The van der Waals surface area contributed by atoms with Crippen molar-refractivity contribution in [1.29, 1.82) is 0 Å². The molecule has 5 nitrogen and oxygen atoms in total. The van der Waals surface area contributed by atoms with Gasteiger partial charge in [0.25, 0.3) is 0 Å². The van der Waals surface area contributed by atoms with E-state index in [4.69, 9.17) is 5.84 Å². The molecule has 5 heteroatoms. The Balaban J connectivity index is 3.69. The van der Waals surface area contributed by atoms with E-state index in [-0.39, 0.29) is 18.1 Å². The van der Waals surface area contributed by atoms with E-state index < -0.39 is 0 Å². The van der Waals surface area contributed by atoms with Crippen LogP contribution in [-0.4, -0.2) is 35.8 Å². The first-order valence-electron chi connectivity index (χ1n) is 5.77. The van der Waals surface area contributed by atoms with Crippen molar-refractivity contribution in [3.63, 3.8) is 0 Å². The van der Waals surface area contributed by atoms with E-state index in [1.165, 1.54) is 5.01 Å². The molecule has 0 saturated carbocycles. The highest BCUT2D eigenvalue weighted by molar-refractivity contribution is 5.84. The molecule has 3 N–H and O–H groups in total. The van der Waals surface area contributed by atoms with Crippen LogP contribution >= 0.6 is 0 Å². The number of nitrogens with zero attached hydrogens (tertiary/aromatic N) is 1. The number of rotatable bonds is 8. The minimum atomic E-state index is -0.174. The minimum Gasteiger partial charge on any atom is -0.313 e. The molecule has 1 amide bonds. The van der Waals surface area contributed by atoms with Gasteiger partial charge in [-0.15, -0.1) is 0 Å². The monoisotopic (exact) mass is 229 g/mol. The average molecular weight is 229 g/mol. The topological polar surface area (TPSA) is 75.4 Å². The van der Waals surface area contributed by atoms with Gasteiger partial charge in [0.2, 0.25) is 5.91 Å². The molecule has 0 saturated heterocycles. The highest BCUT2D eigenvalue weighted by Crippen LogP contribution is 1.97. The van der Waals surface area contributed by atoms with Gasteiger partial charge in [-0.05, 0) is 0 Å². The molecule has 0 rings (SSSR count). The molecule has 0 radical (unpaired) electrons. The van der Waals surface area contributed by atoms with Gasteiger partial charge >= 0.3 is 0 Å². The predicted molar refractivity (Wildman–Crippen MR) is 63.6 cm³/mol. The Morgan fingerprint density at radius 3 is 2.44 bits per heavy atom. The molecule has 0 atom stereocenters. The first-order valence-corrected chi connectivity index (χ1v) is 5.77. The van der Waals surface area contributed by atoms with Crippen LogP contribution in [0.1, 0.15) is 40.0 Å². The van der Waals surface area contributed by atoms with Gasteiger partial charge in [-0.25, -0.2) is 5.84 Å². The van der Waals surface area contributed by atoms with Crippen LogP contribution in [0.15, 0.2) is 0 Å². The van der Waals surface area contributed by atoms with Crippen LogP contribution in [-0.2, 0) is 9.59 Å². The number of carbonyl (C=O) groups excluding carboxylic acids is 2. The van der Waals surface area contributed by atoms with Gasteiger partial charge in [-0.3, -0.25) is 14.6 Å². The second-order valence-corrected chi connectivity index (χ2v) is 4.09. The van der Waals surface area contributed by atoms with Crippen LogP contribution in [0.4, 0.5) is 0 Å². The summed E-state index contributed by atoms with van der Waals surface area (Å²) < 4.78 is 0. The van der Waals surface area contributed by atoms with Crippen LogP contribution in [0.2, 0.25) is 0 Å². The van der Waals surface area contributed by atoms with E-state index >= 15 is 0 Å². The van der Waals surface area contributed by atoms with Crippen molar-refractivity contribution < 1.29 is 9.59 Å². The number of nitrogens with two attached hydrogens (primary N) is 1. The first kappa shape index (κ1) is 15.1. The molecule has 0 aliphatic rings. The minimum absolute atomic E-state index is 0.0991. The van der Waals surface area contributed by atoms with Gasteiger partial charge in [-0.2, -0.15) is 0 Å². The fourth-order valence-corrected chi connectivity index (χ4v) is 1.17. The summed E-state index contributed by atoms with van der Waals surface area (Å²) in [7, 11) is 0. The molecule has 16 heavy (non-hydrogen) atoms. The maximum atomic E-state index is 11.5. The maximum absolute atomic E-state index is 11.5. The summed E-state index contributed by atoms with van der Waals surface area (Å²) >= 11 is 0. The van der Waals surface area contributed by atoms with E-state index in [0.29, 0.717) is 32.0 Å². The number of carbonyl (C=O) groups is 2. The Kier molecular flexibility index (Phi) is 7.76. The lowest BCUT2D eigenvalue weighted by atomic mass is 10.2. The SMILES string of the molecule is CCC(=O)CCC(=O)N(N)CCNC(C)C. The second-order valence-electron chi connectivity index (χ2n) is 4.09. The standard InChI is InChI=1S/C11H23N3O2/c1-4-10(15)5-6-11(16)14(12)8-7-13-9(2)3/h9,13H,4-8,12H2,1-3H3. The molecular weight excluding hydrogens is 206 g/mol. The number of hydrazine groups is 1. The summed E-state index contributed by atoms with van der Waals surface area (Å²) in [5.41, 5.74) is 0.